The van der Waals surface area contributed by atoms with Gasteiger partial charge >= 0.3 is 21.7 Å². The van der Waals surface area contributed by atoms with Gasteiger partial charge in [-0.15, -0.1) is 10.2 Å². The predicted octanol–water partition coefficient (Wildman–Crippen LogP) is 2.53. The minimum atomic E-state index is -5.88. The van der Waals surface area contributed by atoms with Crippen molar-refractivity contribution in [2.45, 2.75) is 44.7 Å². The molecule has 1 atom stereocenters. The van der Waals surface area contributed by atoms with Crippen LogP contribution in [0.4, 0.5) is 18.0 Å². The number of likely N-dealkylation sites (tertiary alicyclic amines) is 1. The average Bonchev–Trinajstić information content (AvgIpc) is 2.59. The van der Waals surface area contributed by atoms with Crippen molar-refractivity contribution < 1.29 is 40.1 Å². The predicted molar refractivity (Wildman–Crippen MR) is 92.5 cm³/mol. The first-order valence-electron chi connectivity index (χ1n) is 8.56. The number of rotatable bonds is 4. The summed E-state index contributed by atoms with van der Waals surface area (Å²) in [4.78, 5) is 26.2. The van der Waals surface area contributed by atoms with Crippen LogP contribution in [0.15, 0.2) is 12.1 Å². The molecule has 1 amide bonds. The first-order valence-corrected chi connectivity index (χ1v) is 9.97. The summed E-state index contributed by atoms with van der Waals surface area (Å²) in [7, 11) is -5.88. The molecule has 1 aliphatic heterocycles. The van der Waals surface area contributed by atoms with Gasteiger partial charge in [0.2, 0.25) is 0 Å². The van der Waals surface area contributed by atoms with Gasteiger partial charge in [-0.3, -0.25) is 4.79 Å². The number of ketones is 1. The Kier molecular flexibility index (Phi) is 6.40. The van der Waals surface area contributed by atoms with Gasteiger partial charge in [-0.2, -0.15) is 21.6 Å². The van der Waals surface area contributed by atoms with Gasteiger partial charge in [0.1, 0.15) is 11.3 Å². The lowest BCUT2D eigenvalue weighted by Crippen LogP contribution is -2.44. The second-order valence-corrected chi connectivity index (χ2v) is 8.91. The van der Waals surface area contributed by atoms with E-state index in [4.69, 9.17) is 4.74 Å². The van der Waals surface area contributed by atoms with Crippen LogP contribution in [0.25, 0.3) is 0 Å². The molecule has 0 N–H and O–H groups in total. The van der Waals surface area contributed by atoms with E-state index in [0.717, 1.165) is 12.1 Å². The van der Waals surface area contributed by atoms with Crippen molar-refractivity contribution in [1.82, 2.24) is 15.1 Å². The second-order valence-electron chi connectivity index (χ2n) is 7.37. The molecule has 0 radical (unpaired) electrons. The molecule has 1 fully saturated rings. The number of carbonyl (C=O) groups is 2. The lowest BCUT2D eigenvalue weighted by Gasteiger charge is -2.33. The molecule has 1 aliphatic rings. The fourth-order valence-electron chi connectivity index (χ4n) is 2.55. The Morgan fingerprint density at radius 3 is 2.34 bits per heavy atom. The fourth-order valence-corrected chi connectivity index (χ4v) is 2.96. The number of Topliss-reactive ketones (excluding diaryl/α,β-unsaturated/α-hetero) is 1. The van der Waals surface area contributed by atoms with E-state index in [1.165, 1.54) is 4.90 Å². The van der Waals surface area contributed by atoms with Crippen LogP contribution in [0.2, 0.25) is 0 Å². The highest BCUT2D eigenvalue weighted by atomic mass is 32.2. The van der Waals surface area contributed by atoms with Crippen LogP contribution in [0, 0.1) is 5.92 Å². The van der Waals surface area contributed by atoms with Crippen LogP contribution in [0.1, 0.15) is 44.1 Å². The number of hydrogen-bond acceptors (Lipinski definition) is 8. The van der Waals surface area contributed by atoms with Crippen LogP contribution in [-0.2, 0) is 14.9 Å². The van der Waals surface area contributed by atoms with E-state index in [1.807, 2.05) is 0 Å². The third kappa shape index (κ3) is 6.02. The Morgan fingerprint density at radius 2 is 1.83 bits per heavy atom. The number of aromatic nitrogens is 2. The molecule has 0 bridgehead atoms. The summed E-state index contributed by atoms with van der Waals surface area (Å²) in [5.41, 5.74) is -6.49. The molecule has 1 aromatic heterocycles. The van der Waals surface area contributed by atoms with Crippen molar-refractivity contribution >= 4 is 22.0 Å². The number of amides is 1. The molecule has 2 heterocycles. The number of hydrogen-bond donors (Lipinski definition) is 0. The highest BCUT2D eigenvalue weighted by Gasteiger charge is 2.49. The third-order valence-corrected chi connectivity index (χ3v) is 4.77. The van der Waals surface area contributed by atoms with Crippen molar-refractivity contribution in [2.24, 2.45) is 5.92 Å². The maximum atomic E-state index is 12.6. The fraction of sp³-hybridized carbons (Fsp3) is 0.625. The van der Waals surface area contributed by atoms with Gasteiger partial charge in [0.15, 0.2) is 5.78 Å². The van der Waals surface area contributed by atoms with Crippen molar-refractivity contribution in [3.63, 3.8) is 0 Å². The Bertz CT molecular complexity index is 865. The van der Waals surface area contributed by atoms with E-state index in [0.29, 0.717) is 19.4 Å². The summed E-state index contributed by atoms with van der Waals surface area (Å²) in [5.74, 6) is -2.00. The summed E-state index contributed by atoms with van der Waals surface area (Å²) in [6, 6.07) is 1.82. The van der Waals surface area contributed by atoms with E-state index in [9.17, 15) is 31.2 Å². The zero-order chi connectivity index (χ0) is 22.0. The van der Waals surface area contributed by atoms with Gasteiger partial charge in [0, 0.05) is 25.1 Å². The smallest absolute Gasteiger partial charge is 0.444 e. The maximum Gasteiger partial charge on any atom is 0.534 e. The number of halogens is 3. The lowest BCUT2D eigenvalue weighted by atomic mass is 9.92. The molecule has 162 valence electrons. The lowest BCUT2D eigenvalue weighted by molar-refractivity contribution is -0.0501. The summed E-state index contributed by atoms with van der Waals surface area (Å²) in [6.45, 7) is 5.67. The molecule has 2 rings (SSSR count). The minimum Gasteiger partial charge on any atom is -0.444 e. The van der Waals surface area contributed by atoms with Crippen LogP contribution >= 0.6 is 0 Å². The molecule has 1 unspecified atom stereocenters. The molecule has 9 nitrogen and oxygen atoms in total. The zero-order valence-electron chi connectivity index (χ0n) is 15.9. The summed E-state index contributed by atoms with van der Waals surface area (Å²) in [6.07, 6.45) is 0.469. The second kappa shape index (κ2) is 8.13. The van der Waals surface area contributed by atoms with Gasteiger partial charge < -0.3 is 13.8 Å². The molecule has 13 heteroatoms. The van der Waals surface area contributed by atoms with Crippen molar-refractivity contribution in [3.05, 3.63) is 17.8 Å². The number of piperidine rings is 1. The van der Waals surface area contributed by atoms with Gasteiger partial charge in [0.05, 0.1) is 0 Å². The normalized spacial score (nSPS) is 18.3. The van der Waals surface area contributed by atoms with Gasteiger partial charge in [-0.05, 0) is 39.7 Å². The third-order valence-electron chi connectivity index (χ3n) is 3.81. The standard InChI is InChI=1S/C16H20F3N3O6S/c1-15(2,3)27-14(24)22-8-4-5-10(9-22)13(23)11-6-7-12(21-20-11)28-29(25,26)16(17,18)19/h6-7,10H,4-5,8-9H2,1-3H3. The van der Waals surface area contributed by atoms with E-state index in [1.54, 1.807) is 20.8 Å². The molecule has 0 aliphatic carbocycles. The van der Waals surface area contributed by atoms with E-state index in [-0.39, 0.29) is 12.2 Å². The summed E-state index contributed by atoms with van der Waals surface area (Å²) >= 11 is 0. The molecule has 0 aromatic carbocycles. The summed E-state index contributed by atoms with van der Waals surface area (Å²) in [5, 5.41) is 6.68. The quantitative estimate of drug-likeness (QED) is 0.399. The largest absolute Gasteiger partial charge is 0.534 e. The van der Waals surface area contributed by atoms with Crippen molar-refractivity contribution in [1.29, 1.82) is 0 Å². The first-order chi connectivity index (χ1) is 13.2. The first kappa shape index (κ1) is 22.8. The molecule has 0 spiro atoms. The van der Waals surface area contributed by atoms with Crippen LogP contribution < -0.4 is 4.18 Å². The zero-order valence-corrected chi connectivity index (χ0v) is 16.7. The Hall–Kier alpha value is -2.44. The Morgan fingerprint density at radius 1 is 1.17 bits per heavy atom. The van der Waals surface area contributed by atoms with Crippen LogP contribution in [0.5, 0.6) is 5.88 Å². The SMILES string of the molecule is CC(C)(C)OC(=O)N1CCCC(C(=O)c2ccc(OS(=O)(=O)C(F)(F)F)nn2)C1. The maximum absolute atomic E-state index is 12.6. The molecule has 1 saturated heterocycles. The Labute approximate surface area is 165 Å². The summed E-state index contributed by atoms with van der Waals surface area (Å²) < 4.78 is 68.0. The molecular weight excluding hydrogens is 419 g/mol. The van der Waals surface area contributed by atoms with Crippen molar-refractivity contribution in [2.75, 3.05) is 13.1 Å². The topological polar surface area (TPSA) is 116 Å². The number of nitrogens with zero attached hydrogens (tertiary/aromatic N) is 3. The van der Waals surface area contributed by atoms with Crippen LogP contribution in [0.3, 0.4) is 0 Å². The monoisotopic (exact) mass is 439 g/mol. The van der Waals surface area contributed by atoms with E-state index < -0.39 is 44.9 Å². The molecule has 0 saturated carbocycles. The highest BCUT2D eigenvalue weighted by molar-refractivity contribution is 7.87. The number of ether oxygens (including phenoxy) is 1. The highest BCUT2D eigenvalue weighted by Crippen LogP contribution is 2.26. The number of alkyl halides is 3. The van der Waals surface area contributed by atoms with Crippen molar-refractivity contribution in [3.8, 4) is 5.88 Å². The van der Waals surface area contributed by atoms with E-state index in [2.05, 4.69) is 14.4 Å². The van der Waals surface area contributed by atoms with Gasteiger partial charge in [0.25, 0.3) is 5.88 Å². The van der Waals surface area contributed by atoms with Gasteiger partial charge in [-0.25, -0.2) is 4.79 Å². The number of carbonyl (C=O) groups excluding carboxylic acids is 2. The minimum absolute atomic E-state index is 0.0934. The molecule has 1 aromatic rings. The molecular formula is C16H20F3N3O6S. The van der Waals surface area contributed by atoms with Crippen LogP contribution in [-0.4, -0.2) is 59.6 Å². The van der Waals surface area contributed by atoms with E-state index >= 15 is 0 Å². The average molecular weight is 439 g/mol. The Balaban J connectivity index is 2.06. The van der Waals surface area contributed by atoms with Gasteiger partial charge in [-0.1, -0.05) is 0 Å². The molecule has 29 heavy (non-hydrogen) atoms.